The zero-order valence-corrected chi connectivity index (χ0v) is 14.6. The maximum absolute atomic E-state index is 13.7. The third kappa shape index (κ3) is 4.09. The van der Waals surface area contributed by atoms with E-state index in [0.717, 1.165) is 18.5 Å². The number of nitrogens with one attached hydrogen (secondary N) is 1. The number of halogens is 2. The molecule has 0 saturated heterocycles. The molecule has 1 unspecified atom stereocenters. The molecular formula is C17H19BrFNS. The summed E-state index contributed by atoms with van der Waals surface area (Å²) in [6.07, 6.45) is 2.84. The molecule has 21 heavy (non-hydrogen) atoms. The Morgan fingerprint density at radius 1 is 1.19 bits per heavy atom. The molecule has 0 aromatic heterocycles. The summed E-state index contributed by atoms with van der Waals surface area (Å²) in [6.45, 7) is 2.97. The maximum atomic E-state index is 13.7. The lowest BCUT2D eigenvalue weighted by atomic mass is 9.98. The summed E-state index contributed by atoms with van der Waals surface area (Å²) in [6, 6.07) is 13.8. The number of thioether (sulfide) groups is 1. The minimum atomic E-state index is -0.207. The molecule has 112 valence electrons. The second-order valence-electron chi connectivity index (χ2n) is 4.77. The molecular weight excluding hydrogens is 349 g/mol. The average molecular weight is 368 g/mol. The molecule has 0 bridgehead atoms. The summed E-state index contributed by atoms with van der Waals surface area (Å²) >= 11 is 5.10. The Balaban J connectivity index is 2.33. The molecule has 2 aromatic carbocycles. The van der Waals surface area contributed by atoms with Crippen LogP contribution in [0.4, 0.5) is 4.39 Å². The largest absolute Gasteiger partial charge is 0.310 e. The summed E-state index contributed by atoms with van der Waals surface area (Å²) in [5.41, 5.74) is 2.25. The maximum Gasteiger partial charge on any atom is 0.137 e. The van der Waals surface area contributed by atoms with Crippen molar-refractivity contribution in [3.05, 3.63) is 63.9 Å². The van der Waals surface area contributed by atoms with Crippen molar-refractivity contribution in [2.75, 3.05) is 12.8 Å². The van der Waals surface area contributed by atoms with Crippen molar-refractivity contribution in [1.29, 1.82) is 0 Å². The number of hydrogen-bond donors (Lipinski definition) is 1. The molecule has 1 N–H and O–H groups in total. The van der Waals surface area contributed by atoms with Crippen molar-refractivity contribution in [2.24, 2.45) is 0 Å². The fourth-order valence-electron chi connectivity index (χ4n) is 2.42. The van der Waals surface area contributed by atoms with Gasteiger partial charge in [0.15, 0.2) is 0 Å². The number of rotatable bonds is 6. The van der Waals surface area contributed by atoms with Gasteiger partial charge in [-0.15, -0.1) is 11.8 Å². The van der Waals surface area contributed by atoms with Crippen molar-refractivity contribution in [1.82, 2.24) is 5.32 Å². The van der Waals surface area contributed by atoms with Crippen LogP contribution < -0.4 is 5.32 Å². The van der Waals surface area contributed by atoms with E-state index in [9.17, 15) is 4.39 Å². The third-order valence-corrected chi connectivity index (χ3v) is 5.12. The predicted molar refractivity (Wildman–Crippen MR) is 92.4 cm³/mol. The molecule has 2 rings (SSSR count). The molecule has 0 aliphatic carbocycles. The van der Waals surface area contributed by atoms with Gasteiger partial charge >= 0.3 is 0 Å². The molecule has 0 aliphatic rings. The Hall–Kier alpha value is -0.840. The minimum absolute atomic E-state index is 0.178. The second-order valence-corrected chi connectivity index (χ2v) is 6.41. The van der Waals surface area contributed by atoms with Gasteiger partial charge in [0, 0.05) is 10.9 Å². The van der Waals surface area contributed by atoms with Gasteiger partial charge < -0.3 is 5.32 Å². The van der Waals surface area contributed by atoms with Crippen LogP contribution in [0, 0.1) is 5.82 Å². The van der Waals surface area contributed by atoms with Crippen LogP contribution in [-0.2, 0) is 6.42 Å². The molecule has 2 aromatic rings. The molecule has 0 saturated carbocycles. The Bertz CT molecular complexity index is 603. The lowest BCUT2D eigenvalue weighted by Crippen LogP contribution is -2.23. The van der Waals surface area contributed by atoms with E-state index in [1.165, 1.54) is 16.5 Å². The first-order chi connectivity index (χ1) is 10.2. The molecule has 1 atom stereocenters. The van der Waals surface area contributed by atoms with Gasteiger partial charge in [-0.05, 0) is 58.4 Å². The Morgan fingerprint density at radius 2 is 1.95 bits per heavy atom. The normalized spacial score (nSPS) is 12.4. The van der Waals surface area contributed by atoms with Crippen molar-refractivity contribution < 1.29 is 4.39 Å². The quantitative estimate of drug-likeness (QED) is 0.703. The van der Waals surface area contributed by atoms with Crippen molar-refractivity contribution >= 4 is 27.7 Å². The molecule has 4 heteroatoms. The van der Waals surface area contributed by atoms with Gasteiger partial charge in [-0.3, -0.25) is 0 Å². The van der Waals surface area contributed by atoms with Gasteiger partial charge in [-0.1, -0.05) is 37.3 Å². The van der Waals surface area contributed by atoms with E-state index in [1.54, 1.807) is 17.8 Å². The van der Waals surface area contributed by atoms with Gasteiger partial charge in [-0.25, -0.2) is 4.39 Å². The highest BCUT2D eigenvalue weighted by Crippen LogP contribution is 2.30. The minimum Gasteiger partial charge on any atom is -0.310 e. The first-order valence-electron chi connectivity index (χ1n) is 6.96. The Kier molecular flexibility index (Phi) is 6.27. The number of benzene rings is 2. The summed E-state index contributed by atoms with van der Waals surface area (Å²) in [5, 5.41) is 3.51. The van der Waals surface area contributed by atoms with Crippen LogP contribution in [0.5, 0.6) is 0 Å². The van der Waals surface area contributed by atoms with Crippen LogP contribution in [0.1, 0.15) is 24.1 Å². The summed E-state index contributed by atoms with van der Waals surface area (Å²) in [7, 11) is 0. The molecule has 0 heterocycles. The smallest absolute Gasteiger partial charge is 0.137 e. The van der Waals surface area contributed by atoms with Gasteiger partial charge in [0.05, 0.1) is 4.47 Å². The number of hydrogen-bond acceptors (Lipinski definition) is 2. The van der Waals surface area contributed by atoms with E-state index in [4.69, 9.17) is 0 Å². The fraction of sp³-hybridized carbons (Fsp3) is 0.294. The molecule has 0 amide bonds. The molecule has 1 nitrogen and oxygen atoms in total. The first-order valence-corrected chi connectivity index (χ1v) is 8.98. The van der Waals surface area contributed by atoms with E-state index >= 15 is 0 Å². The van der Waals surface area contributed by atoms with Crippen LogP contribution in [-0.4, -0.2) is 12.8 Å². The van der Waals surface area contributed by atoms with Crippen LogP contribution in [0.3, 0.4) is 0 Å². The van der Waals surface area contributed by atoms with E-state index in [0.29, 0.717) is 4.47 Å². The first kappa shape index (κ1) is 16.5. The van der Waals surface area contributed by atoms with Crippen LogP contribution in [0.2, 0.25) is 0 Å². The van der Waals surface area contributed by atoms with Gasteiger partial charge in [-0.2, -0.15) is 0 Å². The summed E-state index contributed by atoms with van der Waals surface area (Å²) < 4.78 is 14.3. The van der Waals surface area contributed by atoms with Crippen molar-refractivity contribution in [2.45, 2.75) is 24.3 Å². The Morgan fingerprint density at radius 3 is 2.67 bits per heavy atom. The monoisotopic (exact) mass is 367 g/mol. The highest BCUT2D eigenvalue weighted by atomic mass is 79.9. The molecule has 0 aliphatic heterocycles. The molecule has 0 fully saturated rings. The summed E-state index contributed by atoms with van der Waals surface area (Å²) in [4.78, 5) is 1.26. The highest BCUT2D eigenvalue weighted by molar-refractivity contribution is 9.10. The van der Waals surface area contributed by atoms with Gasteiger partial charge in [0.1, 0.15) is 5.82 Å². The van der Waals surface area contributed by atoms with Crippen LogP contribution in [0.15, 0.2) is 51.8 Å². The fourth-order valence-corrected chi connectivity index (χ4v) is 3.51. The van der Waals surface area contributed by atoms with Gasteiger partial charge in [0.2, 0.25) is 0 Å². The van der Waals surface area contributed by atoms with E-state index in [1.807, 2.05) is 6.07 Å². The van der Waals surface area contributed by atoms with Crippen molar-refractivity contribution in [3.8, 4) is 0 Å². The van der Waals surface area contributed by atoms with Crippen LogP contribution >= 0.6 is 27.7 Å². The lowest BCUT2D eigenvalue weighted by Gasteiger charge is -2.21. The van der Waals surface area contributed by atoms with Crippen LogP contribution in [0.25, 0.3) is 0 Å². The molecule has 0 spiro atoms. The standard InChI is InChI=1S/C17H19BrFNS/c1-3-20-15(13-8-4-5-10-16(13)21-2)11-12-7-6-9-14(19)17(12)18/h4-10,15,20H,3,11H2,1-2H3. The second kappa shape index (κ2) is 7.97. The average Bonchev–Trinajstić information content (AvgIpc) is 2.51. The topological polar surface area (TPSA) is 12.0 Å². The molecule has 0 radical (unpaired) electrons. The Labute approximate surface area is 138 Å². The third-order valence-electron chi connectivity index (χ3n) is 3.42. The van der Waals surface area contributed by atoms with E-state index < -0.39 is 0 Å². The van der Waals surface area contributed by atoms with E-state index in [2.05, 4.69) is 58.7 Å². The predicted octanol–water partition coefficient (Wildman–Crippen LogP) is 5.20. The highest BCUT2D eigenvalue weighted by Gasteiger charge is 2.16. The lowest BCUT2D eigenvalue weighted by molar-refractivity contribution is 0.538. The summed E-state index contributed by atoms with van der Waals surface area (Å²) in [5.74, 6) is -0.207. The van der Waals surface area contributed by atoms with E-state index in [-0.39, 0.29) is 11.9 Å². The van der Waals surface area contributed by atoms with Crippen molar-refractivity contribution in [3.63, 3.8) is 0 Å². The zero-order chi connectivity index (χ0) is 15.2. The number of likely N-dealkylation sites (N-methyl/N-ethyl adjacent to an activating group) is 1. The van der Waals surface area contributed by atoms with Gasteiger partial charge in [0.25, 0.3) is 0 Å². The zero-order valence-electron chi connectivity index (χ0n) is 12.2. The SMILES string of the molecule is CCNC(Cc1cccc(F)c1Br)c1ccccc1SC.